The summed E-state index contributed by atoms with van der Waals surface area (Å²) in [5.74, 6) is -2.38. The number of nitrogens with one attached hydrogen (secondary N) is 1. The first-order chi connectivity index (χ1) is 9.65. The Labute approximate surface area is 127 Å². The first-order valence-corrected chi connectivity index (χ1v) is 8.05. The maximum atomic E-state index is 12.2. The van der Waals surface area contributed by atoms with E-state index in [1.54, 1.807) is 24.3 Å². The zero-order chi connectivity index (χ0) is 14.4. The molecule has 1 saturated heterocycles. The predicted octanol–water partition coefficient (Wildman–Crippen LogP) is 4.57. The number of likely N-dealkylation sites (tertiary alicyclic amines) is 1. The molecule has 1 aliphatic rings. The van der Waals surface area contributed by atoms with Crippen LogP contribution in [0.15, 0.2) is 29.2 Å². The third kappa shape index (κ3) is 4.90. The van der Waals surface area contributed by atoms with Crippen molar-refractivity contribution in [1.29, 1.82) is 0 Å². The number of alkyl halides is 2. The number of hydrogen-bond acceptors (Lipinski definition) is 2. The number of rotatable bonds is 3. The molecule has 0 radical (unpaired) electrons. The van der Waals surface area contributed by atoms with Crippen molar-refractivity contribution < 1.29 is 8.78 Å². The van der Waals surface area contributed by atoms with Crippen LogP contribution in [0.1, 0.15) is 25.7 Å². The van der Waals surface area contributed by atoms with Gasteiger partial charge in [-0.1, -0.05) is 24.6 Å². The van der Waals surface area contributed by atoms with Crippen molar-refractivity contribution in [2.45, 2.75) is 36.3 Å². The highest BCUT2D eigenvalue weighted by Crippen LogP contribution is 2.26. The van der Waals surface area contributed by atoms with E-state index in [1.165, 1.54) is 25.7 Å². The van der Waals surface area contributed by atoms with Gasteiger partial charge in [0.1, 0.15) is 0 Å². The first kappa shape index (κ1) is 15.5. The molecule has 0 unspecified atom stereocenters. The largest absolute Gasteiger partial charge is 0.349 e. The number of thiocarbonyl (C=S) groups is 1. The third-order valence-corrected chi connectivity index (χ3v) is 4.31. The molecule has 1 aromatic carbocycles. The first-order valence-electron chi connectivity index (χ1n) is 6.76. The van der Waals surface area contributed by atoms with Crippen LogP contribution in [0.5, 0.6) is 0 Å². The molecule has 20 heavy (non-hydrogen) atoms. The highest BCUT2D eigenvalue weighted by atomic mass is 32.2. The molecule has 6 heteroatoms. The number of anilines is 1. The van der Waals surface area contributed by atoms with E-state index in [0.717, 1.165) is 23.9 Å². The summed E-state index contributed by atoms with van der Waals surface area (Å²) in [5, 5.41) is 3.90. The molecule has 0 bridgehead atoms. The second kappa shape index (κ2) is 7.78. The number of hydrogen-bond donors (Lipinski definition) is 1. The fourth-order valence-corrected chi connectivity index (χ4v) is 3.00. The molecule has 110 valence electrons. The standard InChI is InChI=1S/C14H18F2N2S2/c15-13(16)20-12-7-5-11(6-8-12)17-14(19)18-9-3-1-2-4-10-18/h5-8,13H,1-4,9-10H2,(H,17,19). The summed E-state index contributed by atoms with van der Waals surface area (Å²) >= 11 is 5.96. The Balaban J connectivity index is 1.90. The van der Waals surface area contributed by atoms with Crippen LogP contribution in [0.25, 0.3) is 0 Å². The van der Waals surface area contributed by atoms with Gasteiger partial charge < -0.3 is 10.2 Å². The molecule has 0 amide bonds. The molecule has 1 aromatic rings. The van der Waals surface area contributed by atoms with Crippen molar-refractivity contribution >= 4 is 34.8 Å². The lowest BCUT2D eigenvalue weighted by Gasteiger charge is -2.24. The van der Waals surface area contributed by atoms with Crippen LogP contribution in [0.3, 0.4) is 0 Å². The number of thioether (sulfide) groups is 1. The van der Waals surface area contributed by atoms with E-state index in [-0.39, 0.29) is 0 Å². The van der Waals surface area contributed by atoms with Gasteiger partial charge in [0.25, 0.3) is 5.76 Å². The highest BCUT2D eigenvalue weighted by Gasteiger charge is 2.12. The molecule has 0 aromatic heterocycles. The smallest absolute Gasteiger partial charge is 0.288 e. The minimum Gasteiger partial charge on any atom is -0.349 e. The van der Waals surface area contributed by atoms with Gasteiger partial charge in [0.05, 0.1) is 0 Å². The van der Waals surface area contributed by atoms with E-state index in [9.17, 15) is 8.78 Å². The second-order valence-electron chi connectivity index (χ2n) is 4.73. The fourth-order valence-electron chi connectivity index (χ4n) is 2.20. The number of halogens is 2. The predicted molar refractivity (Wildman–Crippen MR) is 84.6 cm³/mol. The molecular formula is C14H18F2N2S2. The second-order valence-corrected chi connectivity index (χ2v) is 6.18. The minimum atomic E-state index is -2.38. The monoisotopic (exact) mass is 316 g/mol. The maximum Gasteiger partial charge on any atom is 0.288 e. The molecule has 1 fully saturated rings. The van der Waals surface area contributed by atoms with Gasteiger partial charge in [0, 0.05) is 23.7 Å². The van der Waals surface area contributed by atoms with E-state index in [4.69, 9.17) is 12.2 Å². The molecule has 0 spiro atoms. The normalized spacial score (nSPS) is 16.1. The van der Waals surface area contributed by atoms with Crippen molar-refractivity contribution in [3.8, 4) is 0 Å². The summed E-state index contributed by atoms with van der Waals surface area (Å²) < 4.78 is 24.5. The molecule has 2 rings (SSSR count). The van der Waals surface area contributed by atoms with Crippen LogP contribution in [0.4, 0.5) is 14.5 Å². The Bertz CT molecular complexity index is 429. The Morgan fingerprint density at radius 3 is 2.25 bits per heavy atom. The van der Waals surface area contributed by atoms with Gasteiger partial charge >= 0.3 is 0 Å². The fraction of sp³-hybridized carbons (Fsp3) is 0.500. The van der Waals surface area contributed by atoms with Crippen LogP contribution in [0.2, 0.25) is 0 Å². The topological polar surface area (TPSA) is 15.3 Å². The van der Waals surface area contributed by atoms with Crippen LogP contribution >= 0.6 is 24.0 Å². The zero-order valence-corrected chi connectivity index (χ0v) is 12.8. The van der Waals surface area contributed by atoms with Gasteiger partial charge in [-0.25, -0.2) is 0 Å². The van der Waals surface area contributed by atoms with Crippen molar-refractivity contribution in [2.75, 3.05) is 18.4 Å². The summed E-state index contributed by atoms with van der Waals surface area (Å²) in [5.41, 5.74) is 0.845. The SMILES string of the molecule is FC(F)Sc1ccc(NC(=S)N2CCCCCC2)cc1. The van der Waals surface area contributed by atoms with Crippen LogP contribution in [-0.2, 0) is 0 Å². The van der Waals surface area contributed by atoms with E-state index in [2.05, 4.69) is 10.2 Å². The van der Waals surface area contributed by atoms with Gasteiger partial charge in [-0.3, -0.25) is 0 Å². The van der Waals surface area contributed by atoms with Crippen LogP contribution < -0.4 is 5.32 Å². The maximum absolute atomic E-state index is 12.2. The average molecular weight is 316 g/mol. The summed E-state index contributed by atoms with van der Waals surface area (Å²) in [6.45, 7) is 1.98. The number of nitrogens with zero attached hydrogens (tertiary/aromatic N) is 1. The molecule has 0 aliphatic carbocycles. The van der Waals surface area contributed by atoms with Crippen LogP contribution in [-0.4, -0.2) is 28.9 Å². The molecule has 0 atom stereocenters. The highest BCUT2D eigenvalue weighted by molar-refractivity contribution is 7.99. The lowest BCUT2D eigenvalue weighted by molar-refractivity contribution is 0.252. The summed E-state index contributed by atoms with van der Waals surface area (Å²) in [6.07, 6.45) is 4.87. The van der Waals surface area contributed by atoms with Gasteiger partial charge in [-0.2, -0.15) is 8.78 Å². The van der Waals surface area contributed by atoms with Crippen molar-refractivity contribution in [2.24, 2.45) is 0 Å². The van der Waals surface area contributed by atoms with Crippen molar-refractivity contribution in [3.05, 3.63) is 24.3 Å². The van der Waals surface area contributed by atoms with E-state index < -0.39 is 5.76 Å². The minimum absolute atomic E-state index is 0.552. The van der Waals surface area contributed by atoms with Gasteiger partial charge in [-0.05, 0) is 49.3 Å². The lowest BCUT2D eigenvalue weighted by atomic mass is 10.2. The average Bonchev–Trinajstić information content (AvgIpc) is 2.69. The molecule has 2 nitrogen and oxygen atoms in total. The van der Waals surface area contributed by atoms with E-state index >= 15 is 0 Å². The van der Waals surface area contributed by atoms with Crippen LogP contribution in [0, 0.1) is 0 Å². The van der Waals surface area contributed by atoms with Crippen molar-refractivity contribution in [3.63, 3.8) is 0 Å². The van der Waals surface area contributed by atoms with Crippen molar-refractivity contribution in [1.82, 2.24) is 4.90 Å². The lowest BCUT2D eigenvalue weighted by Crippen LogP contribution is -2.35. The molecule has 1 aliphatic heterocycles. The number of benzene rings is 1. The van der Waals surface area contributed by atoms with Gasteiger partial charge in [0.15, 0.2) is 5.11 Å². The molecule has 1 heterocycles. The Kier molecular flexibility index (Phi) is 6.04. The molecule has 0 saturated carbocycles. The zero-order valence-electron chi connectivity index (χ0n) is 11.1. The Morgan fingerprint density at radius 2 is 1.70 bits per heavy atom. The molecule has 1 N–H and O–H groups in total. The van der Waals surface area contributed by atoms with E-state index in [0.29, 0.717) is 16.7 Å². The summed E-state index contributed by atoms with van der Waals surface area (Å²) in [4.78, 5) is 2.75. The Morgan fingerprint density at radius 1 is 1.10 bits per heavy atom. The quantitative estimate of drug-likeness (QED) is 0.648. The van der Waals surface area contributed by atoms with E-state index in [1.807, 2.05) is 0 Å². The summed E-state index contributed by atoms with van der Waals surface area (Å²) in [7, 11) is 0. The Hall–Kier alpha value is -0.880. The molecular weight excluding hydrogens is 298 g/mol. The summed E-state index contributed by atoms with van der Waals surface area (Å²) in [6, 6.07) is 6.94. The van der Waals surface area contributed by atoms with Gasteiger partial charge in [-0.15, -0.1) is 0 Å². The third-order valence-electron chi connectivity index (χ3n) is 3.22. The van der Waals surface area contributed by atoms with Gasteiger partial charge in [0.2, 0.25) is 0 Å².